The van der Waals surface area contributed by atoms with Crippen LogP contribution in [0.3, 0.4) is 0 Å². The molecule has 0 aliphatic heterocycles. The lowest BCUT2D eigenvalue weighted by Gasteiger charge is -2.11. The Labute approximate surface area is 138 Å². The lowest BCUT2D eigenvalue weighted by atomic mass is 10.1. The van der Waals surface area contributed by atoms with Gasteiger partial charge >= 0.3 is 5.97 Å². The highest BCUT2D eigenvalue weighted by Crippen LogP contribution is 2.26. The van der Waals surface area contributed by atoms with Gasteiger partial charge in [-0.1, -0.05) is 30.7 Å². The molecule has 0 fully saturated rings. The number of fused-ring (bicyclic) bond motifs is 1. The van der Waals surface area contributed by atoms with Crippen LogP contribution in [0.5, 0.6) is 5.75 Å². The second kappa shape index (κ2) is 5.97. The van der Waals surface area contributed by atoms with E-state index in [0.29, 0.717) is 11.9 Å². The fourth-order valence-electron chi connectivity index (χ4n) is 2.79. The largest absolute Gasteiger partial charge is 0.508 e. The summed E-state index contributed by atoms with van der Waals surface area (Å²) in [5, 5.41) is 20.5. The first-order valence-electron chi connectivity index (χ1n) is 7.32. The maximum atomic E-state index is 11.5. The molecule has 4 nitrogen and oxygen atoms in total. The first kappa shape index (κ1) is 15.4. The van der Waals surface area contributed by atoms with Crippen LogP contribution >= 0.6 is 11.6 Å². The van der Waals surface area contributed by atoms with E-state index < -0.39 is 5.97 Å². The Hall–Kier alpha value is -2.46. The highest BCUT2D eigenvalue weighted by atomic mass is 35.5. The molecule has 0 amide bonds. The number of rotatable bonds is 4. The van der Waals surface area contributed by atoms with Crippen molar-refractivity contribution in [2.45, 2.75) is 19.9 Å². The van der Waals surface area contributed by atoms with Crippen molar-refractivity contribution < 1.29 is 15.0 Å². The first-order chi connectivity index (χ1) is 11.0. The number of phenols is 1. The molecule has 1 aromatic heterocycles. The van der Waals surface area contributed by atoms with E-state index in [4.69, 9.17) is 11.6 Å². The number of aromatic nitrogens is 1. The standard InChI is InChI=1S/C18H16ClNO3/c1-2-12-7-11(3-5-15(12)19)10-20-16-6-4-14(21)8-13(16)9-17(20)18(22)23/h3-9,21H,2,10H2,1H3,(H,22,23). The van der Waals surface area contributed by atoms with Gasteiger partial charge in [0.25, 0.3) is 0 Å². The maximum absolute atomic E-state index is 11.5. The third-order valence-electron chi connectivity index (χ3n) is 3.94. The molecule has 0 atom stereocenters. The van der Waals surface area contributed by atoms with Crippen molar-refractivity contribution in [1.82, 2.24) is 4.57 Å². The Morgan fingerprint density at radius 3 is 2.65 bits per heavy atom. The zero-order valence-electron chi connectivity index (χ0n) is 12.6. The van der Waals surface area contributed by atoms with Gasteiger partial charge in [-0.15, -0.1) is 0 Å². The maximum Gasteiger partial charge on any atom is 0.352 e. The van der Waals surface area contributed by atoms with Crippen LogP contribution in [0, 0.1) is 0 Å². The molecule has 5 heteroatoms. The molecule has 2 aromatic carbocycles. The Bertz CT molecular complexity index is 899. The van der Waals surface area contributed by atoms with Gasteiger partial charge in [0.15, 0.2) is 0 Å². The number of aryl methyl sites for hydroxylation is 1. The average molecular weight is 330 g/mol. The number of carboxylic acid groups (broad SMARTS) is 1. The van der Waals surface area contributed by atoms with Crippen LogP contribution in [-0.4, -0.2) is 20.7 Å². The highest BCUT2D eigenvalue weighted by molar-refractivity contribution is 6.31. The molecule has 118 valence electrons. The molecule has 0 unspecified atom stereocenters. The van der Waals surface area contributed by atoms with Crippen LogP contribution in [-0.2, 0) is 13.0 Å². The molecular formula is C18H16ClNO3. The van der Waals surface area contributed by atoms with Crippen LogP contribution in [0.15, 0.2) is 42.5 Å². The quantitative estimate of drug-likeness (QED) is 0.749. The molecule has 0 bridgehead atoms. The first-order valence-corrected chi connectivity index (χ1v) is 7.70. The lowest BCUT2D eigenvalue weighted by Crippen LogP contribution is -2.09. The van der Waals surface area contributed by atoms with Crippen molar-refractivity contribution in [1.29, 1.82) is 0 Å². The summed E-state index contributed by atoms with van der Waals surface area (Å²) in [6.07, 6.45) is 0.818. The average Bonchev–Trinajstić information content (AvgIpc) is 2.87. The van der Waals surface area contributed by atoms with E-state index in [-0.39, 0.29) is 11.4 Å². The van der Waals surface area contributed by atoms with Crippen molar-refractivity contribution in [3.8, 4) is 5.75 Å². The monoisotopic (exact) mass is 329 g/mol. The van der Waals surface area contributed by atoms with Crippen molar-refractivity contribution in [2.75, 3.05) is 0 Å². The molecular weight excluding hydrogens is 314 g/mol. The summed E-state index contributed by atoms with van der Waals surface area (Å²) in [5.74, 6) is -0.878. The molecule has 3 aromatic rings. The number of hydrogen-bond donors (Lipinski definition) is 2. The highest BCUT2D eigenvalue weighted by Gasteiger charge is 2.15. The summed E-state index contributed by atoms with van der Waals surface area (Å²) in [5.41, 5.74) is 2.99. The number of carbonyl (C=O) groups is 1. The van der Waals surface area contributed by atoms with Gasteiger partial charge in [0, 0.05) is 22.5 Å². The number of aromatic carboxylic acids is 1. The van der Waals surface area contributed by atoms with E-state index >= 15 is 0 Å². The van der Waals surface area contributed by atoms with Crippen LogP contribution in [0.2, 0.25) is 5.02 Å². The van der Waals surface area contributed by atoms with E-state index in [2.05, 4.69) is 0 Å². The smallest absolute Gasteiger partial charge is 0.352 e. The van der Waals surface area contributed by atoms with Gasteiger partial charge in [-0.25, -0.2) is 4.79 Å². The second-order valence-corrected chi connectivity index (χ2v) is 5.85. The number of aromatic hydroxyl groups is 1. The SMILES string of the molecule is CCc1cc(Cn2c(C(=O)O)cc3cc(O)ccc32)ccc1Cl. The molecule has 0 radical (unpaired) electrons. The molecule has 2 N–H and O–H groups in total. The summed E-state index contributed by atoms with van der Waals surface area (Å²) in [7, 11) is 0. The number of benzene rings is 2. The third kappa shape index (κ3) is 2.90. The van der Waals surface area contributed by atoms with E-state index in [1.165, 1.54) is 0 Å². The molecule has 0 spiro atoms. The summed E-state index contributed by atoms with van der Waals surface area (Å²) in [4.78, 5) is 11.5. The molecule has 0 saturated carbocycles. The van der Waals surface area contributed by atoms with E-state index in [9.17, 15) is 15.0 Å². The van der Waals surface area contributed by atoms with E-state index in [0.717, 1.165) is 28.1 Å². The van der Waals surface area contributed by atoms with Gasteiger partial charge in [-0.2, -0.15) is 0 Å². The van der Waals surface area contributed by atoms with Gasteiger partial charge in [-0.05, 0) is 47.9 Å². The van der Waals surface area contributed by atoms with Crippen LogP contribution in [0.1, 0.15) is 28.5 Å². The van der Waals surface area contributed by atoms with Gasteiger partial charge in [0.2, 0.25) is 0 Å². The van der Waals surface area contributed by atoms with Gasteiger partial charge in [-0.3, -0.25) is 0 Å². The van der Waals surface area contributed by atoms with Crippen molar-refractivity contribution in [3.63, 3.8) is 0 Å². The zero-order valence-corrected chi connectivity index (χ0v) is 13.3. The van der Waals surface area contributed by atoms with Crippen LogP contribution < -0.4 is 0 Å². The predicted octanol–water partition coefficient (Wildman–Crippen LogP) is 4.31. The minimum Gasteiger partial charge on any atom is -0.508 e. The minimum absolute atomic E-state index is 0.117. The second-order valence-electron chi connectivity index (χ2n) is 5.44. The van der Waals surface area contributed by atoms with Crippen molar-refractivity contribution >= 4 is 28.5 Å². The molecule has 0 saturated heterocycles. The number of phenolic OH excluding ortho intramolecular Hbond substituents is 1. The summed E-state index contributed by atoms with van der Waals surface area (Å²) >= 11 is 6.14. The lowest BCUT2D eigenvalue weighted by molar-refractivity contribution is 0.0686. The number of halogens is 1. The van der Waals surface area contributed by atoms with Gasteiger partial charge in [0.05, 0.1) is 0 Å². The number of nitrogens with zero attached hydrogens (tertiary/aromatic N) is 1. The third-order valence-corrected chi connectivity index (χ3v) is 4.30. The predicted molar refractivity (Wildman–Crippen MR) is 90.5 cm³/mol. The Balaban J connectivity index is 2.11. The summed E-state index contributed by atoms with van der Waals surface area (Å²) in [6.45, 7) is 2.46. The molecule has 0 aliphatic rings. The normalized spacial score (nSPS) is 11.0. The van der Waals surface area contributed by atoms with Crippen LogP contribution in [0.4, 0.5) is 0 Å². The Kier molecular flexibility index (Phi) is 4.01. The summed E-state index contributed by atoms with van der Waals surface area (Å²) in [6, 6.07) is 12.2. The van der Waals surface area contributed by atoms with Gasteiger partial charge in [0.1, 0.15) is 11.4 Å². The fraction of sp³-hybridized carbons (Fsp3) is 0.167. The molecule has 1 heterocycles. The van der Waals surface area contributed by atoms with E-state index in [1.54, 1.807) is 28.8 Å². The topological polar surface area (TPSA) is 62.5 Å². The van der Waals surface area contributed by atoms with Crippen molar-refractivity contribution in [3.05, 3.63) is 64.3 Å². The summed E-state index contributed by atoms with van der Waals surface area (Å²) < 4.78 is 1.74. The van der Waals surface area contributed by atoms with Gasteiger partial charge < -0.3 is 14.8 Å². The molecule has 3 rings (SSSR count). The fourth-order valence-corrected chi connectivity index (χ4v) is 3.04. The van der Waals surface area contributed by atoms with E-state index in [1.807, 2.05) is 25.1 Å². The molecule has 0 aliphatic carbocycles. The zero-order chi connectivity index (χ0) is 16.6. The Morgan fingerprint density at radius 1 is 1.17 bits per heavy atom. The Morgan fingerprint density at radius 2 is 1.96 bits per heavy atom. The molecule has 23 heavy (non-hydrogen) atoms. The number of carboxylic acids is 1. The minimum atomic E-state index is -0.995. The van der Waals surface area contributed by atoms with Crippen molar-refractivity contribution in [2.24, 2.45) is 0 Å². The number of hydrogen-bond acceptors (Lipinski definition) is 2. The van der Waals surface area contributed by atoms with Crippen LogP contribution in [0.25, 0.3) is 10.9 Å².